The van der Waals surface area contributed by atoms with Crippen molar-refractivity contribution in [1.29, 1.82) is 0 Å². The Morgan fingerprint density at radius 2 is 1.14 bits per heavy atom. The topological polar surface area (TPSA) is 105 Å². The van der Waals surface area contributed by atoms with Gasteiger partial charge in [-0.15, -0.1) is 0 Å². The van der Waals surface area contributed by atoms with Crippen LogP contribution in [0.2, 0.25) is 0 Å². The first-order valence-corrected chi connectivity index (χ1v) is 10.0. The molecule has 8 nitrogen and oxygen atoms in total. The summed E-state index contributed by atoms with van der Waals surface area (Å²) in [7, 11) is 0. The van der Waals surface area contributed by atoms with Gasteiger partial charge in [0.25, 0.3) is 0 Å². The molecule has 0 fully saturated rings. The van der Waals surface area contributed by atoms with Crippen molar-refractivity contribution < 1.29 is 38.1 Å². The van der Waals surface area contributed by atoms with Crippen molar-refractivity contribution in [3.63, 3.8) is 0 Å². The van der Waals surface area contributed by atoms with E-state index in [0.29, 0.717) is 6.42 Å². The van der Waals surface area contributed by atoms with E-state index in [1.54, 1.807) is 20.8 Å². The van der Waals surface area contributed by atoms with Crippen LogP contribution in [-0.4, -0.2) is 49.3 Å². The highest BCUT2D eigenvalue weighted by Gasteiger charge is 2.49. The lowest BCUT2D eigenvalue weighted by molar-refractivity contribution is -0.191. The predicted molar refractivity (Wildman–Crippen MR) is 101 cm³/mol. The Morgan fingerprint density at radius 1 is 0.643 bits per heavy atom. The van der Waals surface area contributed by atoms with Crippen LogP contribution in [0, 0.1) is 0 Å². The van der Waals surface area contributed by atoms with Gasteiger partial charge in [-0.3, -0.25) is 14.4 Å². The zero-order valence-corrected chi connectivity index (χ0v) is 17.5. The SMILES string of the molecule is CCCCCCCC(=O)OC(CC(=O)OCC)(CC(=O)OCC)C(=O)OCC. The van der Waals surface area contributed by atoms with Gasteiger partial charge < -0.3 is 18.9 Å². The molecular formula is C20H34O8. The van der Waals surface area contributed by atoms with Gasteiger partial charge in [-0.2, -0.15) is 0 Å². The molecule has 0 saturated carbocycles. The lowest BCUT2D eigenvalue weighted by Crippen LogP contribution is -2.48. The van der Waals surface area contributed by atoms with E-state index in [-0.39, 0.29) is 26.2 Å². The average molecular weight is 402 g/mol. The van der Waals surface area contributed by atoms with Gasteiger partial charge in [0.05, 0.1) is 32.7 Å². The summed E-state index contributed by atoms with van der Waals surface area (Å²) in [6.07, 6.45) is 3.46. The van der Waals surface area contributed by atoms with Crippen molar-refractivity contribution in [1.82, 2.24) is 0 Å². The number of ether oxygens (including phenoxy) is 4. The summed E-state index contributed by atoms with van der Waals surface area (Å²) in [5, 5.41) is 0. The summed E-state index contributed by atoms with van der Waals surface area (Å²) >= 11 is 0. The molecule has 0 amide bonds. The summed E-state index contributed by atoms with van der Waals surface area (Å²) < 4.78 is 20.1. The van der Waals surface area contributed by atoms with Crippen molar-refractivity contribution in [3.05, 3.63) is 0 Å². The average Bonchev–Trinajstić information content (AvgIpc) is 2.61. The first-order valence-electron chi connectivity index (χ1n) is 10.0. The van der Waals surface area contributed by atoms with Gasteiger partial charge in [-0.05, 0) is 27.2 Å². The molecule has 0 radical (unpaired) electrons. The van der Waals surface area contributed by atoms with Gasteiger partial charge >= 0.3 is 23.9 Å². The van der Waals surface area contributed by atoms with Crippen molar-refractivity contribution in [3.8, 4) is 0 Å². The van der Waals surface area contributed by atoms with E-state index in [9.17, 15) is 19.2 Å². The van der Waals surface area contributed by atoms with Gasteiger partial charge in [0.2, 0.25) is 5.60 Å². The van der Waals surface area contributed by atoms with Crippen LogP contribution >= 0.6 is 0 Å². The molecule has 162 valence electrons. The molecule has 0 bridgehead atoms. The normalized spacial score (nSPS) is 10.9. The van der Waals surface area contributed by atoms with Crippen LogP contribution in [0.3, 0.4) is 0 Å². The maximum Gasteiger partial charge on any atom is 0.351 e. The number of carbonyl (C=O) groups is 4. The molecule has 0 aromatic rings. The van der Waals surface area contributed by atoms with E-state index in [2.05, 4.69) is 6.92 Å². The Morgan fingerprint density at radius 3 is 1.61 bits per heavy atom. The number of carbonyl (C=O) groups excluding carboxylic acids is 4. The summed E-state index contributed by atoms with van der Waals surface area (Å²) in [6, 6.07) is 0. The highest BCUT2D eigenvalue weighted by Crippen LogP contribution is 2.26. The summed E-state index contributed by atoms with van der Waals surface area (Å²) in [5.74, 6) is -3.17. The summed E-state index contributed by atoms with van der Waals surface area (Å²) in [4.78, 5) is 49.0. The predicted octanol–water partition coefficient (Wildman–Crippen LogP) is 3.10. The standard InChI is InChI=1S/C20H34O8/c1-5-9-10-11-12-13-16(21)28-20(19(24)27-8-4,14-17(22)25-6-2)15-18(23)26-7-3/h5-15H2,1-4H3. The Bertz CT molecular complexity index is 480. The molecule has 0 aliphatic carbocycles. The number of hydrogen-bond acceptors (Lipinski definition) is 8. The number of rotatable bonds is 15. The molecule has 0 saturated heterocycles. The van der Waals surface area contributed by atoms with Crippen LogP contribution in [0.4, 0.5) is 0 Å². The molecule has 28 heavy (non-hydrogen) atoms. The lowest BCUT2D eigenvalue weighted by atomic mass is 9.94. The Balaban J connectivity index is 5.36. The fourth-order valence-corrected chi connectivity index (χ4v) is 2.62. The third-order valence-electron chi connectivity index (χ3n) is 3.91. The summed E-state index contributed by atoms with van der Waals surface area (Å²) in [5.41, 5.74) is -2.09. The molecular weight excluding hydrogens is 368 g/mol. The molecule has 0 rings (SSSR count). The van der Waals surface area contributed by atoms with E-state index >= 15 is 0 Å². The lowest BCUT2D eigenvalue weighted by Gasteiger charge is -2.29. The van der Waals surface area contributed by atoms with Gasteiger partial charge in [-0.1, -0.05) is 32.6 Å². The maximum absolute atomic E-state index is 12.6. The van der Waals surface area contributed by atoms with E-state index < -0.39 is 42.3 Å². The van der Waals surface area contributed by atoms with E-state index in [1.165, 1.54) is 0 Å². The number of hydrogen-bond donors (Lipinski definition) is 0. The van der Waals surface area contributed by atoms with E-state index in [1.807, 2.05) is 0 Å². The molecule has 0 aromatic carbocycles. The van der Waals surface area contributed by atoms with Crippen LogP contribution in [0.5, 0.6) is 0 Å². The molecule has 0 N–H and O–H groups in total. The molecule has 0 atom stereocenters. The van der Waals surface area contributed by atoms with Crippen LogP contribution < -0.4 is 0 Å². The second kappa shape index (κ2) is 14.9. The minimum absolute atomic E-state index is 0.000796. The minimum Gasteiger partial charge on any atom is -0.466 e. The van der Waals surface area contributed by atoms with Gasteiger partial charge in [-0.25, -0.2) is 4.79 Å². The van der Waals surface area contributed by atoms with Crippen molar-refractivity contribution in [2.45, 2.75) is 84.7 Å². The third-order valence-corrected chi connectivity index (χ3v) is 3.91. The second-order valence-electron chi connectivity index (χ2n) is 6.32. The molecule has 0 aliphatic rings. The summed E-state index contributed by atoms with van der Waals surface area (Å²) in [6.45, 7) is 7.06. The van der Waals surface area contributed by atoms with Crippen molar-refractivity contribution in [2.24, 2.45) is 0 Å². The molecule has 0 spiro atoms. The fourth-order valence-electron chi connectivity index (χ4n) is 2.62. The maximum atomic E-state index is 12.6. The van der Waals surface area contributed by atoms with Crippen molar-refractivity contribution >= 4 is 23.9 Å². The highest BCUT2D eigenvalue weighted by molar-refractivity contribution is 5.92. The Labute approximate surface area is 167 Å². The molecule has 0 aliphatic heterocycles. The number of esters is 4. The fraction of sp³-hybridized carbons (Fsp3) is 0.800. The quantitative estimate of drug-likeness (QED) is 0.234. The van der Waals surface area contributed by atoms with Crippen LogP contribution in [-0.2, 0) is 38.1 Å². The van der Waals surface area contributed by atoms with Crippen LogP contribution in [0.1, 0.15) is 79.1 Å². The molecule has 0 aromatic heterocycles. The first kappa shape index (κ1) is 25.9. The molecule has 8 heteroatoms. The van der Waals surface area contributed by atoms with Gasteiger partial charge in [0.1, 0.15) is 0 Å². The largest absolute Gasteiger partial charge is 0.466 e. The zero-order chi connectivity index (χ0) is 21.4. The van der Waals surface area contributed by atoms with Crippen LogP contribution in [0.15, 0.2) is 0 Å². The third kappa shape index (κ3) is 10.3. The highest BCUT2D eigenvalue weighted by atomic mass is 16.6. The monoisotopic (exact) mass is 402 g/mol. The smallest absolute Gasteiger partial charge is 0.351 e. The molecule has 0 heterocycles. The number of unbranched alkanes of at least 4 members (excludes halogenated alkanes) is 4. The van der Waals surface area contributed by atoms with Crippen LogP contribution in [0.25, 0.3) is 0 Å². The Kier molecular flexibility index (Phi) is 13.8. The van der Waals surface area contributed by atoms with Gasteiger partial charge in [0, 0.05) is 6.42 Å². The van der Waals surface area contributed by atoms with E-state index in [4.69, 9.17) is 18.9 Å². The first-order chi connectivity index (χ1) is 13.3. The van der Waals surface area contributed by atoms with Gasteiger partial charge in [0.15, 0.2) is 0 Å². The zero-order valence-electron chi connectivity index (χ0n) is 17.5. The minimum atomic E-state index is -2.09. The van der Waals surface area contributed by atoms with E-state index in [0.717, 1.165) is 25.7 Å². The molecule has 0 unspecified atom stereocenters. The Hall–Kier alpha value is -2.12. The second-order valence-corrected chi connectivity index (χ2v) is 6.32. The van der Waals surface area contributed by atoms with Crippen molar-refractivity contribution in [2.75, 3.05) is 19.8 Å².